The van der Waals surface area contributed by atoms with Crippen molar-refractivity contribution in [2.45, 2.75) is 0 Å². The van der Waals surface area contributed by atoms with E-state index in [1.54, 1.807) is 10.1 Å². The Bertz CT molecular complexity index is 43.3. The van der Waals surface area contributed by atoms with Crippen LogP contribution in [0, 0.1) is 0 Å². The summed E-state index contributed by atoms with van der Waals surface area (Å²) in [6.07, 6.45) is 0. The maximum Gasteiger partial charge on any atom is 0.0142 e. The van der Waals surface area contributed by atoms with Crippen molar-refractivity contribution in [3.05, 3.63) is 0 Å². The molecule has 3 nitrogen and oxygen atoms in total. The van der Waals surface area contributed by atoms with Crippen LogP contribution in [0.4, 0.5) is 0 Å². The number of hydroxylamine groups is 4. The molecule has 0 aromatic rings. The first-order chi connectivity index (χ1) is 3.13. The quantitative estimate of drug-likeness (QED) is 0.575. The summed E-state index contributed by atoms with van der Waals surface area (Å²) in [7, 11) is 7.33. The molecule has 0 bridgehead atoms. The molecule has 0 radical (unpaired) electrons. The summed E-state index contributed by atoms with van der Waals surface area (Å²) >= 11 is 0. The minimum Gasteiger partial charge on any atom is -0.210 e. The van der Waals surface area contributed by atoms with E-state index in [-0.39, 0.29) is 26.2 Å². The van der Waals surface area contributed by atoms with Gasteiger partial charge >= 0.3 is 0 Å². The predicted octanol–water partition coefficient (Wildman–Crippen LogP) is -0.0463. The zero-order chi connectivity index (χ0) is 5.86. The van der Waals surface area contributed by atoms with E-state index in [4.69, 9.17) is 4.94 Å². The van der Waals surface area contributed by atoms with Crippen LogP contribution in [0.5, 0.6) is 0 Å². The fourth-order valence-electron chi connectivity index (χ4n) is 0.327. The van der Waals surface area contributed by atoms with Crippen LogP contribution < -0.4 is 0 Å². The maximum atomic E-state index is 4.92. The van der Waals surface area contributed by atoms with Crippen molar-refractivity contribution < 1.29 is 31.1 Å². The van der Waals surface area contributed by atoms with E-state index in [2.05, 4.69) is 0 Å². The molecule has 48 valence electrons. The molecule has 0 amide bonds. The molecule has 0 atom stereocenters. The molecule has 0 fully saturated rings. The van der Waals surface area contributed by atoms with Gasteiger partial charge in [0.05, 0.1) is 0 Å². The molecule has 0 heterocycles. The Hall–Kier alpha value is 0.763. The van der Waals surface area contributed by atoms with E-state index in [0.29, 0.717) is 0 Å². The number of rotatable bonds is 2. The monoisotopic (exact) mass is 194 g/mol. The molecule has 0 aliphatic heterocycles. The summed E-state index contributed by atoms with van der Waals surface area (Å²) in [5.74, 6) is 0. The maximum absolute atomic E-state index is 4.92. The third kappa shape index (κ3) is 9.90. The van der Waals surface area contributed by atoms with Gasteiger partial charge in [-0.15, -0.1) is 0 Å². The second kappa shape index (κ2) is 5.89. The van der Waals surface area contributed by atoms with Gasteiger partial charge in [-0.25, -0.2) is 4.94 Å². The molecule has 0 N–H and O–H groups in total. The number of hydrogen-bond acceptors (Lipinski definition) is 3. The summed E-state index contributed by atoms with van der Waals surface area (Å²) < 4.78 is 0. The van der Waals surface area contributed by atoms with Gasteiger partial charge in [0.1, 0.15) is 0 Å². The Labute approximate surface area is 69.6 Å². The van der Waals surface area contributed by atoms with Crippen LogP contribution in [-0.2, 0) is 31.1 Å². The minimum atomic E-state index is 0. The first-order valence-corrected chi connectivity index (χ1v) is 2.15. The van der Waals surface area contributed by atoms with Gasteiger partial charge < -0.3 is 0 Å². The first kappa shape index (κ1) is 11.5. The molecule has 4 heteroatoms. The molecule has 0 saturated heterocycles. The summed E-state index contributed by atoms with van der Waals surface area (Å²) in [5.41, 5.74) is 0. The molecule has 0 rings (SSSR count). The molecule has 0 aliphatic carbocycles. The van der Waals surface area contributed by atoms with Gasteiger partial charge in [-0.3, -0.25) is 0 Å². The third-order valence-electron chi connectivity index (χ3n) is 0.327. The van der Waals surface area contributed by atoms with E-state index < -0.39 is 0 Å². The Kier molecular flexibility index (Phi) is 8.50. The van der Waals surface area contributed by atoms with Gasteiger partial charge in [0, 0.05) is 54.4 Å². The average Bonchev–Trinajstić information content (AvgIpc) is 1.27. The summed E-state index contributed by atoms with van der Waals surface area (Å²) in [4.78, 5) is 4.92. The van der Waals surface area contributed by atoms with Gasteiger partial charge in [0.15, 0.2) is 0 Å². The first-order valence-electron chi connectivity index (χ1n) is 2.15. The summed E-state index contributed by atoms with van der Waals surface area (Å²) in [6, 6.07) is 0. The van der Waals surface area contributed by atoms with E-state index in [0.717, 1.165) is 0 Å². The van der Waals surface area contributed by atoms with Crippen LogP contribution in [0.25, 0.3) is 0 Å². The number of hydrogen-bond donors (Lipinski definition) is 0. The Morgan fingerprint density at radius 1 is 0.875 bits per heavy atom. The Morgan fingerprint density at radius 2 is 1.12 bits per heavy atom. The van der Waals surface area contributed by atoms with Crippen molar-refractivity contribution in [1.82, 2.24) is 10.1 Å². The zero-order valence-electron chi connectivity index (χ0n) is 5.80. The van der Waals surface area contributed by atoms with Crippen molar-refractivity contribution in [1.29, 1.82) is 0 Å². The van der Waals surface area contributed by atoms with Crippen molar-refractivity contribution in [2.75, 3.05) is 28.2 Å². The predicted molar refractivity (Wildman–Crippen MR) is 28.5 cm³/mol. The van der Waals surface area contributed by atoms with E-state index in [1.165, 1.54) is 0 Å². The van der Waals surface area contributed by atoms with Crippen molar-refractivity contribution in [3.8, 4) is 0 Å². The topological polar surface area (TPSA) is 15.7 Å². The molecule has 0 spiro atoms. The third-order valence-corrected chi connectivity index (χ3v) is 0.327. The Balaban J connectivity index is 0. The van der Waals surface area contributed by atoms with Crippen LogP contribution in [-0.4, -0.2) is 38.3 Å². The standard InChI is InChI=1S/C4H12N2O.Zr/c1-5(2)7-6(3)4;/h1-4H3;. The molecule has 0 aromatic carbocycles. The molecular weight excluding hydrogens is 183 g/mol. The van der Waals surface area contributed by atoms with Gasteiger partial charge in [0.25, 0.3) is 0 Å². The van der Waals surface area contributed by atoms with E-state index in [9.17, 15) is 0 Å². The smallest absolute Gasteiger partial charge is 0.0142 e. The van der Waals surface area contributed by atoms with Crippen molar-refractivity contribution in [3.63, 3.8) is 0 Å². The van der Waals surface area contributed by atoms with E-state index >= 15 is 0 Å². The van der Waals surface area contributed by atoms with Crippen molar-refractivity contribution in [2.24, 2.45) is 0 Å². The number of nitrogens with zero attached hydrogens (tertiary/aromatic N) is 2. The fraction of sp³-hybridized carbons (Fsp3) is 1.00. The van der Waals surface area contributed by atoms with Gasteiger partial charge in [-0.05, 0) is 0 Å². The largest absolute Gasteiger partial charge is 0.210 e. The second-order valence-corrected chi connectivity index (χ2v) is 1.71. The SMILES string of the molecule is CN(C)ON(C)C.[Zr]. The molecule has 0 unspecified atom stereocenters. The Morgan fingerprint density at radius 3 is 1.12 bits per heavy atom. The summed E-state index contributed by atoms with van der Waals surface area (Å²) in [6.45, 7) is 0. The van der Waals surface area contributed by atoms with Gasteiger partial charge in [-0.1, -0.05) is 0 Å². The van der Waals surface area contributed by atoms with Crippen LogP contribution in [0.1, 0.15) is 0 Å². The van der Waals surface area contributed by atoms with Crippen molar-refractivity contribution >= 4 is 0 Å². The molecule has 8 heavy (non-hydrogen) atoms. The minimum absolute atomic E-state index is 0. The average molecular weight is 195 g/mol. The molecule has 0 saturated carbocycles. The van der Waals surface area contributed by atoms with E-state index in [1.807, 2.05) is 28.2 Å². The zero-order valence-corrected chi connectivity index (χ0v) is 8.26. The normalized spacial score (nSPS) is 9.75. The fourth-order valence-corrected chi connectivity index (χ4v) is 0.327. The van der Waals surface area contributed by atoms with Gasteiger partial charge in [0.2, 0.25) is 0 Å². The molecule has 0 aliphatic rings. The van der Waals surface area contributed by atoms with Crippen LogP contribution in [0.3, 0.4) is 0 Å². The second-order valence-electron chi connectivity index (χ2n) is 1.71. The van der Waals surface area contributed by atoms with Crippen LogP contribution >= 0.6 is 0 Å². The molecular formula is C4H12N2OZr. The van der Waals surface area contributed by atoms with Gasteiger partial charge in [-0.2, -0.15) is 10.1 Å². The van der Waals surface area contributed by atoms with Crippen LogP contribution in [0.2, 0.25) is 0 Å². The molecule has 0 aromatic heterocycles. The summed E-state index contributed by atoms with van der Waals surface area (Å²) in [5, 5.41) is 3.25. The van der Waals surface area contributed by atoms with Crippen LogP contribution in [0.15, 0.2) is 0 Å².